The van der Waals surface area contributed by atoms with Gasteiger partial charge in [-0.2, -0.15) is 5.10 Å². The summed E-state index contributed by atoms with van der Waals surface area (Å²) in [6.45, 7) is 6.34. The summed E-state index contributed by atoms with van der Waals surface area (Å²) in [5.74, 6) is 0.621. The largest absolute Gasteiger partial charge is 0.457 e. The average molecular weight is 732 g/mol. The molecule has 0 unspecified atom stereocenters. The van der Waals surface area contributed by atoms with Gasteiger partial charge in [-0.25, -0.2) is 14.2 Å². The second kappa shape index (κ2) is 14.7. The zero-order valence-electron chi connectivity index (χ0n) is 28.4. The van der Waals surface area contributed by atoms with Crippen molar-refractivity contribution in [2.75, 3.05) is 5.32 Å². The van der Waals surface area contributed by atoms with Crippen LogP contribution in [0, 0.1) is 20.8 Å². The SMILES string of the molecule is Cc1cc(C)n2ncc(C(=O)Nc3ccc(-c4cn(Cc5cccc(C(=O)NCc6ccc(Cl)cc6Oc6ccc(Cl)c(C)c6)c5)nn4)cc3)c2n1. The lowest BCUT2D eigenvalue weighted by atomic mass is 10.1. The second-order valence-electron chi connectivity index (χ2n) is 12.3. The lowest BCUT2D eigenvalue weighted by Gasteiger charge is -2.14. The number of carbonyl (C=O) groups excluding carboxylic acids is 2. The Kier molecular flexibility index (Phi) is 9.71. The highest BCUT2D eigenvalue weighted by molar-refractivity contribution is 6.31. The van der Waals surface area contributed by atoms with E-state index in [1.165, 1.54) is 6.20 Å². The van der Waals surface area contributed by atoms with Crippen molar-refractivity contribution in [1.82, 2.24) is 34.9 Å². The second-order valence-corrected chi connectivity index (χ2v) is 13.2. The van der Waals surface area contributed by atoms with Gasteiger partial charge >= 0.3 is 0 Å². The van der Waals surface area contributed by atoms with Crippen molar-refractivity contribution in [3.63, 3.8) is 0 Å². The summed E-state index contributed by atoms with van der Waals surface area (Å²) in [4.78, 5) is 30.8. The van der Waals surface area contributed by atoms with E-state index in [1.807, 2.05) is 87.6 Å². The van der Waals surface area contributed by atoms with Gasteiger partial charge in [0.1, 0.15) is 22.8 Å². The number of amides is 2. The summed E-state index contributed by atoms with van der Waals surface area (Å²) in [5.41, 5.74) is 7.77. The molecule has 0 saturated carbocycles. The minimum atomic E-state index is -0.296. The number of aromatic nitrogens is 6. The van der Waals surface area contributed by atoms with Crippen LogP contribution in [-0.4, -0.2) is 41.4 Å². The number of benzene rings is 4. The van der Waals surface area contributed by atoms with E-state index in [2.05, 4.69) is 31.0 Å². The van der Waals surface area contributed by atoms with Crippen LogP contribution in [0.25, 0.3) is 16.9 Å². The Bertz CT molecular complexity index is 2460. The molecule has 0 aliphatic carbocycles. The number of nitrogens with zero attached hydrogens (tertiary/aromatic N) is 6. The maximum atomic E-state index is 13.2. The highest BCUT2D eigenvalue weighted by atomic mass is 35.5. The third kappa shape index (κ3) is 7.65. The fourth-order valence-corrected chi connectivity index (χ4v) is 5.99. The van der Waals surface area contributed by atoms with E-state index in [-0.39, 0.29) is 18.4 Å². The Morgan fingerprint density at radius 1 is 0.885 bits per heavy atom. The van der Waals surface area contributed by atoms with Crippen LogP contribution in [-0.2, 0) is 13.1 Å². The number of halogens is 2. The first-order valence-corrected chi connectivity index (χ1v) is 17.1. The smallest absolute Gasteiger partial charge is 0.261 e. The van der Waals surface area contributed by atoms with Crippen molar-refractivity contribution in [3.8, 4) is 22.8 Å². The molecule has 0 bridgehead atoms. The molecule has 0 fully saturated rings. The van der Waals surface area contributed by atoms with Crippen LogP contribution in [0.5, 0.6) is 11.5 Å². The Morgan fingerprint density at radius 2 is 1.71 bits per heavy atom. The number of fused-ring (bicyclic) bond motifs is 1. The van der Waals surface area contributed by atoms with Crippen LogP contribution in [0.3, 0.4) is 0 Å². The molecule has 4 aromatic carbocycles. The van der Waals surface area contributed by atoms with E-state index in [9.17, 15) is 9.59 Å². The number of hydrogen-bond donors (Lipinski definition) is 2. The Balaban J connectivity index is 0.972. The van der Waals surface area contributed by atoms with Crippen molar-refractivity contribution in [2.45, 2.75) is 33.9 Å². The van der Waals surface area contributed by atoms with Crippen molar-refractivity contribution in [3.05, 3.63) is 153 Å². The van der Waals surface area contributed by atoms with E-state index < -0.39 is 0 Å². The molecule has 2 amide bonds. The third-order valence-electron chi connectivity index (χ3n) is 8.36. The van der Waals surface area contributed by atoms with Gasteiger partial charge in [-0.1, -0.05) is 58.7 Å². The molecule has 7 rings (SSSR count). The van der Waals surface area contributed by atoms with Gasteiger partial charge in [0.15, 0.2) is 5.65 Å². The van der Waals surface area contributed by atoms with E-state index in [0.717, 1.165) is 33.6 Å². The van der Waals surface area contributed by atoms with Gasteiger partial charge in [-0.15, -0.1) is 5.10 Å². The lowest BCUT2D eigenvalue weighted by Crippen LogP contribution is -2.23. The minimum absolute atomic E-state index is 0.231. The van der Waals surface area contributed by atoms with Gasteiger partial charge < -0.3 is 15.4 Å². The minimum Gasteiger partial charge on any atom is -0.457 e. The van der Waals surface area contributed by atoms with Crippen LogP contribution in [0.1, 0.15) is 48.8 Å². The molecular weight excluding hydrogens is 699 g/mol. The van der Waals surface area contributed by atoms with Gasteiger partial charge in [-0.3, -0.25) is 9.59 Å². The molecule has 13 heteroatoms. The van der Waals surface area contributed by atoms with Crippen LogP contribution in [0.15, 0.2) is 103 Å². The van der Waals surface area contributed by atoms with Crippen molar-refractivity contribution >= 4 is 46.4 Å². The van der Waals surface area contributed by atoms with Crippen molar-refractivity contribution in [1.29, 1.82) is 0 Å². The van der Waals surface area contributed by atoms with Crippen LogP contribution >= 0.6 is 23.2 Å². The molecule has 0 atom stereocenters. The molecular formula is C39H32Cl2N8O3. The summed E-state index contributed by atoms with van der Waals surface area (Å²) in [5, 5.41) is 20.0. The highest BCUT2D eigenvalue weighted by Gasteiger charge is 2.17. The predicted octanol–water partition coefficient (Wildman–Crippen LogP) is 8.24. The van der Waals surface area contributed by atoms with E-state index >= 15 is 0 Å². The molecule has 0 spiro atoms. The molecule has 0 aliphatic heterocycles. The van der Waals surface area contributed by atoms with E-state index in [4.69, 9.17) is 27.9 Å². The standard InChI is InChI=1S/C39H32Cl2N8O3/c1-23-15-32(13-14-34(23)41)52-36-18-30(40)10-7-29(36)19-42-38(50)28-6-4-5-26(17-28)21-48-22-35(46-47-48)27-8-11-31(12-9-27)45-39(51)33-20-43-49-25(3)16-24(2)44-37(33)49/h4-18,20,22H,19,21H2,1-3H3,(H,42,50)(H,45,51). The molecule has 0 aliphatic rings. The topological polar surface area (TPSA) is 128 Å². The average Bonchev–Trinajstić information content (AvgIpc) is 3.77. The van der Waals surface area contributed by atoms with Gasteiger partial charge in [-0.05, 0) is 92.6 Å². The summed E-state index contributed by atoms with van der Waals surface area (Å²) in [6, 6.07) is 27.3. The molecule has 7 aromatic rings. The van der Waals surface area contributed by atoms with Crippen molar-refractivity contribution < 1.29 is 14.3 Å². The van der Waals surface area contributed by atoms with E-state index in [1.54, 1.807) is 39.5 Å². The van der Waals surface area contributed by atoms with E-state index in [0.29, 0.717) is 56.2 Å². The number of aryl methyl sites for hydroxylation is 3. The molecule has 11 nitrogen and oxygen atoms in total. The third-order valence-corrected chi connectivity index (χ3v) is 9.02. The summed E-state index contributed by atoms with van der Waals surface area (Å²) >= 11 is 12.4. The van der Waals surface area contributed by atoms with Gasteiger partial charge in [0.05, 0.1) is 18.9 Å². The fourth-order valence-electron chi connectivity index (χ4n) is 5.71. The maximum Gasteiger partial charge on any atom is 0.261 e. The van der Waals surface area contributed by atoms with Crippen molar-refractivity contribution in [2.24, 2.45) is 0 Å². The Labute approximate surface area is 309 Å². The Morgan fingerprint density at radius 3 is 2.52 bits per heavy atom. The highest BCUT2D eigenvalue weighted by Crippen LogP contribution is 2.31. The number of rotatable bonds is 10. The van der Waals surface area contributed by atoms with Crippen LogP contribution in [0.4, 0.5) is 5.69 Å². The molecule has 3 aromatic heterocycles. The molecule has 0 radical (unpaired) electrons. The zero-order valence-corrected chi connectivity index (χ0v) is 29.9. The Hall–Kier alpha value is -6.04. The number of ether oxygens (including phenoxy) is 1. The molecule has 260 valence electrons. The number of hydrogen-bond acceptors (Lipinski definition) is 7. The number of nitrogens with one attached hydrogen (secondary N) is 2. The zero-order chi connectivity index (χ0) is 36.4. The lowest BCUT2D eigenvalue weighted by molar-refractivity contribution is 0.0949. The fraction of sp³-hybridized carbons (Fsp3) is 0.128. The first-order valence-electron chi connectivity index (χ1n) is 16.3. The number of anilines is 1. The predicted molar refractivity (Wildman–Crippen MR) is 200 cm³/mol. The monoisotopic (exact) mass is 730 g/mol. The molecule has 3 heterocycles. The van der Waals surface area contributed by atoms with Crippen LogP contribution < -0.4 is 15.4 Å². The summed E-state index contributed by atoms with van der Waals surface area (Å²) < 4.78 is 9.47. The molecule has 2 N–H and O–H groups in total. The van der Waals surface area contributed by atoms with Crippen LogP contribution in [0.2, 0.25) is 10.0 Å². The van der Waals surface area contributed by atoms with Gasteiger partial charge in [0.25, 0.3) is 11.8 Å². The number of carbonyl (C=O) groups is 2. The van der Waals surface area contributed by atoms with Gasteiger partial charge in [0, 0.05) is 50.4 Å². The summed E-state index contributed by atoms with van der Waals surface area (Å²) in [6.07, 6.45) is 3.36. The molecule has 52 heavy (non-hydrogen) atoms. The first-order chi connectivity index (χ1) is 25.1. The first kappa shape index (κ1) is 34.4. The summed E-state index contributed by atoms with van der Waals surface area (Å²) in [7, 11) is 0. The quantitative estimate of drug-likeness (QED) is 0.145. The molecule has 0 saturated heterocycles. The van der Waals surface area contributed by atoms with Gasteiger partial charge in [0.2, 0.25) is 0 Å². The maximum absolute atomic E-state index is 13.2. The normalized spacial score (nSPS) is 11.1.